The van der Waals surface area contributed by atoms with Crippen LogP contribution in [0.3, 0.4) is 0 Å². The van der Waals surface area contributed by atoms with Crippen molar-refractivity contribution in [2.45, 2.75) is 32.6 Å². The molecule has 0 aromatic heterocycles. The highest BCUT2D eigenvalue weighted by atomic mass is 32.2. The van der Waals surface area contributed by atoms with Crippen molar-refractivity contribution < 1.29 is 17.6 Å². The van der Waals surface area contributed by atoms with E-state index in [0.29, 0.717) is 30.0 Å². The zero-order valence-electron chi connectivity index (χ0n) is 16.5. The molecule has 2 aromatic carbocycles. The maximum absolute atomic E-state index is 13.2. The third kappa shape index (κ3) is 5.08. The molecule has 0 heterocycles. The van der Waals surface area contributed by atoms with E-state index in [1.54, 1.807) is 45.9 Å². The van der Waals surface area contributed by atoms with Crippen LogP contribution in [0.15, 0.2) is 41.3 Å². The smallest absolute Gasteiger partial charge is 0.243 e. The topological polar surface area (TPSA) is 78.5 Å². The van der Waals surface area contributed by atoms with Crippen molar-refractivity contribution in [3.8, 4) is 0 Å². The van der Waals surface area contributed by atoms with Crippen molar-refractivity contribution in [1.82, 2.24) is 4.31 Å². The largest absolute Gasteiger partial charge is 0.376 e. The average Bonchev–Trinajstić information content (AvgIpc) is 2.63. The number of rotatable bonds is 8. The van der Waals surface area contributed by atoms with Gasteiger partial charge in [-0.2, -0.15) is 4.31 Å². The maximum Gasteiger partial charge on any atom is 0.243 e. The van der Waals surface area contributed by atoms with E-state index >= 15 is 0 Å². The SMILES string of the molecule is CCN(CC)S(=O)(=O)c1ccc(C)c(NC(=O)CNc2ccc(F)cc2C)c1. The summed E-state index contributed by atoms with van der Waals surface area (Å²) < 4.78 is 39.9. The Balaban J connectivity index is 2.14. The predicted octanol–water partition coefficient (Wildman–Crippen LogP) is 3.52. The van der Waals surface area contributed by atoms with Gasteiger partial charge < -0.3 is 10.6 Å². The highest BCUT2D eigenvalue weighted by molar-refractivity contribution is 7.89. The normalized spacial score (nSPS) is 11.5. The predicted molar refractivity (Wildman–Crippen MR) is 110 cm³/mol. The number of carbonyl (C=O) groups is 1. The van der Waals surface area contributed by atoms with Crippen LogP contribution in [-0.4, -0.2) is 38.3 Å². The standard InChI is InChI=1S/C20H26FN3O3S/c1-5-24(6-2)28(26,27)17-9-7-14(3)19(12-17)23-20(25)13-22-18-10-8-16(21)11-15(18)4/h7-12,22H,5-6,13H2,1-4H3,(H,23,25). The molecule has 0 spiro atoms. The average molecular weight is 408 g/mol. The first-order valence-electron chi connectivity index (χ1n) is 9.09. The van der Waals surface area contributed by atoms with Crippen LogP contribution in [0.25, 0.3) is 0 Å². The lowest BCUT2D eigenvalue weighted by Crippen LogP contribution is -2.30. The van der Waals surface area contributed by atoms with E-state index < -0.39 is 10.0 Å². The van der Waals surface area contributed by atoms with Gasteiger partial charge in [-0.1, -0.05) is 19.9 Å². The molecule has 0 unspecified atom stereocenters. The first kappa shape index (κ1) is 21.8. The molecule has 2 N–H and O–H groups in total. The zero-order chi connectivity index (χ0) is 20.9. The highest BCUT2D eigenvalue weighted by Gasteiger charge is 2.22. The summed E-state index contributed by atoms with van der Waals surface area (Å²) in [5.74, 6) is -0.668. The summed E-state index contributed by atoms with van der Waals surface area (Å²) in [5, 5.41) is 5.70. The molecule has 0 aliphatic heterocycles. The number of carbonyl (C=O) groups excluding carboxylic acids is 1. The fraction of sp³-hybridized carbons (Fsp3) is 0.350. The quantitative estimate of drug-likeness (QED) is 0.702. The van der Waals surface area contributed by atoms with E-state index in [9.17, 15) is 17.6 Å². The van der Waals surface area contributed by atoms with E-state index in [4.69, 9.17) is 0 Å². The lowest BCUT2D eigenvalue weighted by atomic mass is 10.2. The molecule has 28 heavy (non-hydrogen) atoms. The minimum Gasteiger partial charge on any atom is -0.376 e. The summed E-state index contributed by atoms with van der Waals surface area (Å²) in [7, 11) is -3.61. The third-order valence-corrected chi connectivity index (χ3v) is 6.50. The molecule has 6 nitrogen and oxygen atoms in total. The van der Waals surface area contributed by atoms with Gasteiger partial charge in [0.15, 0.2) is 0 Å². The monoisotopic (exact) mass is 407 g/mol. The number of hydrogen-bond acceptors (Lipinski definition) is 4. The van der Waals surface area contributed by atoms with Gasteiger partial charge in [0.2, 0.25) is 15.9 Å². The van der Waals surface area contributed by atoms with E-state index in [0.717, 1.165) is 5.56 Å². The van der Waals surface area contributed by atoms with Gasteiger partial charge >= 0.3 is 0 Å². The number of amides is 1. The number of aryl methyl sites for hydroxylation is 2. The molecule has 0 aliphatic rings. The number of hydrogen-bond donors (Lipinski definition) is 2. The molecule has 2 rings (SSSR count). The molecular weight excluding hydrogens is 381 g/mol. The lowest BCUT2D eigenvalue weighted by Gasteiger charge is -2.19. The van der Waals surface area contributed by atoms with E-state index in [2.05, 4.69) is 10.6 Å². The lowest BCUT2D eigenvalue weighted by molar-refractivity contribution is -0.114. The van der Waals surface area contributed by atoms with Crippen LogP contribution in [0.1, 0.15) is 25.0 Å². The van der Waals surface area contributed by atoms with Crippen molar-refractivity contribution >= 4 is 27.3 Å². The zero-order valence-corrected chi connectivity index (χ0v) is 17.4. The van der Waals surface area contributed by atoms with Gasteiger partial charge in [0.05, 0.1) is 11.4 Å². The second-order valence-electron chi connectivity index (χ2n) is 6.43. The van der Waals surface area contributed by atoms with Gasteiger partial charge in [-0.25, -0.2) is 12.8 Å². The van der Waals surface area contributed by atoms with Gasteiger partial charge in [-0.05, 0) is 55.3 Å². The van der Waals surface area contributed by atoms with Crippen LogP contribution in [-0.2, 0) is 14.8 Å². The molecule has 0 radical (unpaired) electrons. The molecule has 0 saturated carbocycles. The highest BCUT2D eigenvalue weighted by Crippen LogP contribution is 2.23. The fourth-order valence-electron chi connectivity index (χ4n) is 2.80. The van der Waals surface area contributed by atoms with Crippen LogP contribution in [0, 0.1) is 19.7 Å². The first-order valence-corrected chi connectivity index (χ1v) is 10.5. The number of sulfonamides is 1. The Morgan fingerprint density at radius 2 is 1.68 bits per heavy atom. The summed E-state index contributed by atoms with van der Waals surface area (Å²) in [6.07, 6.45) is 0. The van der Waals surface area contributed by atoms with Crippen molar-refractivity contribution in [3.63, 3.8) is 0 Å². The van der Waals surface area contributed by atoms with Crippen molar-refractivity contribution in [3.05, 3.63) is 53.3 Å². The number of nitrogens with zero attached hydrogens (tertiary/aromatic N) is 1. The summed E-state index contributed by atoms with van der Waals surface area (Å²) in [5.41, 5.74) is 2.54. The molecule has 2 aromatic rings. The Labute approximate surface area is 165 Å². The van der Waals surface area contributed by atoms with Gasteiger partial charge in [0.1, 0.15) is 5.82 Å². The molecule has 0 atom stereocenters. The number of nitrogens with one attached hydrogen (secondary N) is 2. The first-order chi connectivity index (χ1) is 13.2. The van der Waals surface area contributed by atoms with E-state index in [-0.39, 0.29) is 23.2 Å². The van der Waals surface area contributed by atoms with Crippen LogP contribution < -0.4 is 10.6 Å². The Kier molecular flexibility index (Phi) is 7.15. The Bertz CT molecular complexity index is 957. The molecular formula is C20H26FN3O3S. The van der Waals surface area contributed by atoms with E-state index in [1.165, 1.54) is 22.5 Å². The van der Waals surface area contributed by atoms with Gasteiger partial charge in [0.25, 0.3) is 0 Å². The molecule has 152 valence electrons. The molecule has 0 bridgehead atoms. The second-order valence-corrected chi connectivity index (χ2v) is 8.36. The number of halogens is 1. The minimum absolute atomic E-state index is 0.0288. The molecule has 0 saturated heterocycles. The minimum atomic E-state index is -3.61. The Morgan fingerprint density at radius 1 is 1.00 bits per heavy atom. The third-order valence-electron chi connectivity index (χ3n) is 4.45. The van der Waals surface area contributed by atoms with Crippen LogP contribution in [0.5, 0.6) is 0 Å². The second kappa shape index (κ2) is 9.16. The van der Waals surface area contributed by atoms with Crippen LogP contribution >= 0.6 is 0 Å². The summed E-state index contributed by atoms with van der Waals surface area (Å²) in [6, 6.07) is 8.96. The molecule has 1 amide bonds. The molecule has 0 aliphatic carbocycles. The summed E-state index contributed by atoms with van der Waals surface area (Å²) in [6.45, 7) is 7.81. The molecule has 8 heteroatoms. The van der Waals surface area contributed by atoms with Gasteiger partial charge in [-0.3, -0.25) is 4.79 Å². The van der Waals surface area contributed by atoms with Crippen LogP contribution in [0.4, 0.5) is 15.8 Å². The van der Waals surface area contributed by atoms with Gasteiger partial charge in [0, 0.05) is 24.5 Å². The number of anilines is 2. The van der Waals surface area contributed by atoms with Crippen LogP contribution in [0.2, 0.25) is 0 Å². The fourth-order valence-corrected chi connectivity index (χ4v) is 4.29. The summed E-state index contributed by atoms with van der Waals surface area (Å²) in [4.78, 5) is 12.5. The van der Waals surface area contributed by atoms with Crippen molar-refractivity contribution in [1.29, 1.82) is 0 Å². The Morgan fingerprint density at radius 3 is 2.29 bits per heavy atom. The molecule has 0 fully saturated rings. The van der Waals surface area contributed by atoms with Crippen molar-refractivity contribution in [2.24, 2.45) is 0 Å². The van der Waals surface area contributed by atoms with E-state index in [1.807, 2.05) is 0 Å². The van der Waals surface area contributed by atoms with Gasteiger partial charge in [-0.15, -0.1) is 0 Å². The number of benzene rings is 2. The Hall–Kier alpha value is -2.45. The summed E-state index contributed by atoms with van der Waals surface area (Å²) >= 11 is 0. The maximum atomic E-state index is 13.2. The van der Waals surface area contributed by atoms with Crippen molar-refractivity contribution in [2.75, 3.05) is 30.3 Å².